The predicted molar refractivity (Wildman–Crippen MR) is 57.4 cm³/mol. The fraction of sp³-hybridized carbons (Fsp3) is 0.769. The monoisotopic (exact) mass is 206 g/mol. The molecule has 5 atom stereocenters. The van der Waals surface area contributed by atoms with E-state index in [0.717, 1.165) is 12.8 Å². The van der Waals surface area contributed by atoms with E-state index in [0.29, 0.717) is 17.6 Å². The second-order valence-electron chi connectivity index (χ2n) is 5.65. The van der Waals surface area contributed by atoms with Crippen molar-refractivity contribution in [3.05, 3.63) is 12.2 Å². The van der Waals surface area contributed by atoms with Gasteiger partial charge in [0.1, 0.15) is 11.4 Å². The molecule has 0 amide bonds. The molecule has 15 heavy (non-hydrogen) atoms. The Bertz CT molecular complexity index is 360. The van der Waals surface area contributed by atoms with Crippen LogP contribution in [0.1, 0.15) is 33.6 Å². The average Bonchev–Trinajstić information content (AvgIpc) is 2.63. The van der Waals surface area contributed by atoms with E-state index >= 15 is 0 Å². The zero-order valence-electron chi connectivity index (χ0n) is 9.62. The fourth-order valence-corrected chi connectivity index (χ4v) is 3.72. The van der Waals surface area contributed by atoms with Gasteiger partial charge >= 0.3 is 0 Å². The van der Waals surface area contributed by atoms with E-state index < -0.39 is 0 Å². The molecular weight excluding hydrogens is 188 g/mol. The predicted octanol–water partition coefficient (Wildman–Crippen LogP) is 2.34. The van der Waals surface area contributed by atoms with Crippen LogP contribution >= 0.6 is 0 Å². The van der Waals surface area contributed by atoms with Gasteiger partial charge in [0.15, 0.2) is 0 Å². The van der Waals surface area contributed by atoms with Gasteiger partial charge in [-0.25, -0.2) is 0 Å². The van der Waals surface area contributed by atoms with E-state index in [1.165, 1.54) is 0 Å². The van der Waals surface area contributed by atoms with Gasteiger partial charge in [0.2, 0.25) is 0 Å². The van der Waals surface area contributed by atoms with Crippen molar-refractivity contribution in [2.24, 2.45) is 17.8 Å². The van der Waals surface area contributed by atoms with Crippen LogP contribution in [0.25, 0.3) is 0 Å². The van der Waals surface area contributed by atoms with Crippen LogP contribution in [0.2, 0.25) is 0 Å². The van der Waals surface area contributed by atoms with Gasteiger partial charge in [0.05, 0.1) is 11.5 Å². The third-order valence-corrected chi connectivity index (χ3v) is 4.90. The van der Waals surface area contributed by atoms with E-state index in [-0.39, 0.29) is 17.1 Å². The molecule has 2 heterocycles. The first-order valence-corrected chi connectivity index (χ1v) is 5.93. The van der Waals surface area contributed by atoms with E-state index in [1.54, 1.807) is 0 Å². The number of hydrogen-bond acceptors (Lipinski definition) is 2. The first-order chi connectivity index (χ1) is 7.00. The van der Waals surface area contributed by atoms with Crippen LogP contribution in [0.4, 0.5) is 0 Å². The highest BCUT2D eigenvalue weighted by Gasteiger charge is 2.65. The number of ether oxygens (including phenoxy) is 1. The van der Waals surface area contributed by atoms with Crippen LogP contribution in [-0.4, -0.2) is 17.0 Å². The highest BCUT2D eigenvalue weighted by molar-refractivity contribution is 5.85. The number of fused-ring (bicyclic) bond motifs is 1. The summed E-state index contributed by atoms with van der Waals surface area (Å²) in [6, 6.07) is 0. The molecule has 0 aromatic rings. The number of hydrogen-bond donors (Lipinski definition) is 0. The van der Waals surface area contributed by atoms with Crippen molar-refractivity contribution in [3.8, 4) is 0 Å². The van der Waals surface area contributed by atoms with E-state index in [9.17, 15) is 4.79 Å². The Kier molecular flexibility index (Phi) is 1.62. The molecule has 0 aromatic carbocycles. The molecule has 0 N–H and O–H groups in total. The second-order valence-corrected chi connectivity index (χ2v) is 5.65. The van der Waals surface area contributed by atoms with Crippen molar-refractivity contribution in [2.75, 3.05) is 0 Å². The van der Waals surface area contributed by atoms with Gasteiger partial charge < -0.3 is 4.74 Å². The van der Waals surface area contributed by atoms with Crippen LogP contribution in [0, 0.1) is 17.8 Å². The lowest BCUT2D eigenvalue weighted by Gasteiger charge is -2.40. The van der Waals surface area contributed by atoms with E-state index in [2.05, 4.69) is 32.9 Å². The maximum atomic E-state index is 12.0. The summed E-state index contributed by atoms with van der Waals surface area (Å²) in [4.78, 5) is 12.0. The summed E-state index contributed by atoms with van der Waals surface area (Å²) < 4.78 is 6.21. The molecule has 3 rings (SSSR count). The molecule has 2 bridgehead atoms. The van der Waals surface area contributed by atoms with E-state index in [1.807, 2.05) is 0 Å². The number of rotatable bonds is 0. The summed E-state index contributed by atoms with van der Waals surface area (Å²) in [5.41, 5.74) is -0.456. The van der Waals surface area contributed by atoms with Crippen molar-refractivity contribution in [3.63, 3.8) is 0 Å². The highest BCUT2D eigenvalue weighted by atomic mass is 16.5. The Morgan fingerprint density at radius 3 is 2.80 bits per heavy atom. The summed E-state index contributed by atoms with van der Waals surface area (Å²) in [5, 5.41) is 0. The smallest absolute Gasteiger partial charge is 0.139 e. The molecule has 0 radical (unpaired) electrons. The minimum Gasteiger partial charge on any atom is -0.359 e. The van der Waals surface area contributed by atoms with Gasteiger partial charge in [-0.15, -0.1) is 0 Å². The minimum atomic E-state index is -0.260. The molecular formula is C13H18O2. The third kappa shape index (κ3) is 0.919. The normalized spacial score (nSPS) is 57.3. The lowest BCUT2D eigenvalue weighted by atomic mass is 9.61. The molecule has 1 saturated heterocycles. The first kappa shape index (κ1) is 9.59. The van der Waals surface area contributed by atoms with Gasteiger partial charge in [-0.3, -0.25) is 4.79 Å². The summed E-state index contributed by atoms with van der Waals surface area (Å²) in [6.07, 6.45) is 6.05. The lowest BCUT2D eigenvalue weighted by molar-refractivity contribution is -0.136. The molecule has 0 aromatic heterocycles. The Labute approximate surface area is 90.7 Å². The standard InChI is InChI=1S/C13H18O2/c1-8-4-5-10(14)11-9(2)12(3)6-7-13(8,11)15-12/h6-9,11H,4-5H2,1-3H3/t8?,9-,11+,12+,13-/m0/s1. The van der Waals surface area contributed by atoms with Crippen LogP contribution in [0.3, 0.4) is 0 Å². The molecule has 1 aliphatic carbocycles. The number of ketones is 1. The zero-order chi connectivity index (χ0) is 10.8. The molecule has 2 heteroatoms. The van der Waals surface area contributed by atoms with Crippen LogP contribution in [0.15, 0.2) is 12.2 Å². The molecule has 2 fully saturated rings. The lowest BCUT2D eigenvalue weighted by Crippen LogP contribution is -2.48. The van der Waals surface area contributed by atoms with Crippen molar-refractivity contribution < 1.29 is 9.53 Å². The Hall–Kier alpha value is -0.630. The van der Waals surface area contributed by atoms with Crippen LogP contribution in [-0.2, 0) is 9.53 Å². The molecule has 2 aliphatic heterocycles. The number of carbonyl (C=O) groups is 1. The quantitative estimate of drug-likeness (QED) is 0.569. The van der Waals surface area contributed by atoms with Crippen molar-refractivity contribution >= 4 is 5.78 Å². The SMILES string of the molecule is CC1CCC(=O)[C@H]2[C@H](C)[C@@]3(C)C=C[C@]12O3. The molecule has 82 valence electrons. The summed E-state index contributed by atoms with van der Waals surface area (Å²) in [5.74, 6) is 1.32. The largest absolute Gasteiger partial charge is 0.359 e. The van der Waals surface area contributed by atoms with Crippen LogP contribution in [0.5, 0.6) is 0 Å². The topological polar surface area (TPSA) is 26.3 Å². The van der Waals surface area contributed by atoms with Crippen LogP contribution < -0.4 is 0 Å². The highest BCUT2D eigenvalue weighted by Crippen LogP contribution is 2.59. The molecule has 1 saturated carbocycles. The third-order valence-electron chi connectivity index (χ3n) is 4.90. The summed E-state index contributed by atoms with van der Waals surface area (Å²) in [7, 11) is 0. The van der Waals surface area contributed by atoms with Gasteiger partial charge in [0, 0.05) is 12.3 Å². The zero-order valence-corrected chi connectivity index (χ0v) is 9.62. The molecule has 1 unspecified atom stereocenters. The van der Waals surface area contributed by atoms with E-state index in [4.69, 9.17) is 4.74 Å². The van der Waals surface area contributed by atoms with Gasteiger partial charge in [-0.2, -0.15) is 0 Å². The van der Waals surface area contributed by atoms with Crippen molar-refractivity contribution in [1.29, 1.82) is 0 Å². The Morgan fingerprint density at radius 2 is 2.13 bits per heavy atom. The Morgan fingerprint density at radius 1 is 1.40 bits per heavy atom. The fourth-order valence-electron chi connectivity index (χ4n) is 3.72. The first-order valence-electron chi connectivity index (χ1n) is 5.93. The second kappa shape index (κ2) is 2.54. The van der Waals surface area contributed by atoms with Crippen molar-refractivity contribution in [2.45, 2.75) is 44.8 Å². The summed E-state index contributed by atoms with van der Waals surface area (Å²) >= 11 is 0. The van der Waals surface area contributed by atoms with Gasteiger partial charge in [-0.05, 0) is 19.3 Å². The molecule has 3 aliphatic rings. The average molecular weight is 206 g/mol. The maximum absolute atomic E-state index is 12.0. The Balaban J connectivity index is 2.12. The molecule has 2 nitrogen and oxygen atoms in total. The summed E-state index contributed by atoms with van der Waals surface area (Å²) in [6.45, 7) is 6.49. The minimum absolute atomic E-state index is 0.108. The van der Waals surface area contributed by atoms with Gasteiger partial charge in [-0.1, -0.05) is 26.0 Å². The maximum Gasteiger partial charge on any atom is 0.139 e. The van der Waals surface area contributed by atoms with Gasteiger partial charge in [0.25, 0.3) is 0 Å². The number of carbonyl (C=O) groups excluding carboxylic acids is 1. The molecule has 1 spiro atoms. The number of Topliss-reactive ketones (excluding diaryl/α,β-unsaturated/α-hetero) is 1. The van der Waals surface area contributed by atoms with Crippen molar-refractivity contribution in [1.82, 2.24) is 0 Å².